The summed E-state index contributed by atoms with van der Waals surface area (Å²) in [7, 11) is 0. The van der Waals surface area contributed by atoms with Crippen LogP contribution in [0.1, 0.15) is 0 Å². The standard InChI is InChI=1S/C24H16ClNO2/c25-18-14-15-24(26(27)28)23(16-18)22-13-7-6-12-21(22)20-11-5-4-10-19(20)17-8-2-1-3-9-17/h1-16H. The minimum Gasteiger partial charge on any atom is -0.258 e. The summed E-state index contributed by atoms with van der Waals surface area (Å²) in [4.78, 5) is 11.2. The van der Waals surface area contributed by atoms with Crippen molar-refractivity contribution in [2.24, 2.45) is 0 Å². The minimum absolute atomic E-state index is 0.0362. The van der Waals surface area contributed by atoms with E-state index in [9.17, 15) is 10.1 Å². The molecule has 0 saturated heterocycles. The van der Waals surface area contributed by atoms with Crippen LogP contribution in [0, 0.1) is 10.1 Å². The number of nitrogens with zero attached hydrogens (tertiary/aromatic N) is 1. The molecule has 0 fully saturated rings. The average Bonchev–Trinajstić information content (AvgIpc) is 2.74. The Hall–Kier alpha value is -3.43. The molecule has 4 aromatic carbocycles. The van der Waals surface area contributed by atoms with E-state index in [1.54, 1.807) is 12.1 Å². The van der Waals surface area contributed by atoms with E-state index in [0.29, 0.717) is 10.6 Å². The lowest BCUT2D eigenvalue weighted by molar-refractivity contribution is -0.384. The summed E-state index contributed by atoms with van der Waals surface area (Å²) < 4.78 is 0. The minimum atomic E-state index is -0.370. The zero-order valence-corrected chi connectivity index (χ0v) is 15.6. The van der Waals surface area contributed by atoms with Crippen molar-refractivity contribution in [2.45, 2.75) is 0 Å². The molecular weight excluding hydrogens is 370 g/mol. The highest BCUT2D eigenvalue weighted by atomic mass is 35.5. The summed E-state index contributed by atoms with van der Waals surface area (Å²) in [5.41, 5.74) is 5.42. The van der Waals surface area contributed by atoms with Crippen LogP contribution in [0.4, 0.5) is 5.69 Å². The van der Waals surface area contributed by atoms with E-state index in [1.807, 2.05) is 60.7 Å². The first kappa shape index (κ1) is 18.0. The lowest BCUT2D eigenvalue weighted by Gasteiger charge is -2.15. The van der Waals surface area contributed by atoms with E-state index in [-0.39, 0.29) is 10.6 Å². The molecule has 0 bridgehead atoms. The van der Waals surface area contributed by atoms with Crippen molar-refractivity contribution < 1.29 is 4.92 Å². The van der Waals surface area contributed by atoms with E-state index < -0.39 is 0 Å². The Morgan fingerprint density at radius 3 is 1.71 bits per heavy atom. The van der Waals surface area contributed by atoms with Crippen molar-refractivity contribution in [3.63, 3.8) is 0 Å². The number of nitro groups is 1. The molecule has 28 heavy (non-hydrogen) atoms. The molecule has 3 nitrogen and oxygen atoms in total. The molecular formula is C24H16ClNO2. The monoisotopic (exact) mass is 385 g/mol. The normalized spacial score (nSPS) is 10.6. The molecule has 0 aromatic heterocycles. The molecule has 0 spiro atoms. The third-order valence-corrected chi connectivity index (χ3v) is 4.91. The number of hydrogen-bond acceptors (Lipinski definition) is 2. The summed E-state index contributed by atoms with van der Waals surface area (Å²) in [5, 5.41) is 12.1. The highest BCUT2D eigenvalue weighted by Crippen LogP contribution is 2.41. The highest BCUT2D eigenvalue weighted by Gasteiger charge is 2.19. The summed E-state index contributed by atoms with van der Waals surface area (Å²) in [6.07, 6.45) is 0. The molecule has 0 unspecified atom stereocenters. The molecule has 0 heterocycles. The molecule has 0 amide bonds. The predicted octanol–water partition coefficient (Wildman–Crippen LogP) is 7.25. The molecule has 4 rings (SSSR count). The number of nitro benzene ring substituents is 1. The number of benzene rings is 4. The van der Waals surface area contributed by atoms with Gasteiger partial charge in [0.1, 0.15) is 0 Å². The lowest BCUT2D eigenvalue weighted by Crippen LogP contribution is -1.94. The topological polar surface area (TPSA) is 43.1 Å². The van der Waals surface area contributed by atoms with Gasteiger partial charge in [0.2, 0.25) is 0 Å². The van der Waals surface area contributed by atoms with Crippen molar-refractivity contribution in [1.82, 2.24) is 0 Å². The maximum Gasteiger partial charge on any atom is 0.277 e. The first-order valence-electron chi connectivity index (χ1n) is 8.83. The Kier molecular flexibility index (Phi) is 4.92. The van der Waals surface area contributed by atoms with Gasteiger partial charge in [-0.05, 0) is 39.9 Å². The number of hydrogen-bond donors (Lipinski definition) is 0. The van der Waals surface area contributed by atoms with Gasteiger partial charge in [0, 0.05) is 11.1 Å². The zero-order valence-electron chi connectivity index (χ0n) is 14.9. The largest absolute Gasteiger partial charge is 0.277 e. The van der Waals surface area contributed by atoms with Gasteiger partial charge in [0.05, 0.1) is 10.5 Å². The summed E-state index contributed by atoms with van der Waals surface area (Å²) in [6, 6.07) is 30.5. The van der Waals surface area contributed by atoms with E-state index in [2.05, 4.69) is 18.2 Å². The predicted molar refractivity (Wildman–Crippen MR) is 114 cm³/mol. The second-order valence-corrected chi connectivity index (χ2v) is 6.81. The summed E-state index contributed by atoms with van der Waals surface area (Å²) >= 11 is 6.17. The van der Waals surface area contributed by atoms with Gasteiger partial charge in [-0.1, -0.05) is 90.5 Å². The van der Waals surface area contributed by atoms with Gasteiger partial charge in [0.25, 0.3) is 5.69 Å². The van der Waals surface area contributed by atoms with Crippen molar-refractivity contribution in [3.05, 3.63) is 112 Å². The third kappa shape index (κ3) is 3.40. The first-order chi connectivity index (χ1) is 13.6. The molecule has 0 saturated carbocycles. The quantitative estimate of drug-likeness (QED) is 0.274. The van der Waals surface area contributed by atoms with Gasteiger partial charge < -0.3 is 0 Å². The molecule has 0 N–H and O–H groups in total. The smallest absolute Gasteiger partial charge is 0.258 e. The molecule has 0 aliphatic carbocycles. The fourth-order valence-electron chi connectivity index (χ4n) is 3.42. The molecule has 4 aromatic rings. The highest BCUT2D eigenvalue weighted by molar-refractivity contribution is 6.31. The fourth-order valence-corrected chi connectivity index (χ4v) is 3.60. The van der Waals surface area contributed by atoms with Crippen molar-refractivity contribution in [2.75, 3.05) is 0 Å². The average molecular weight is 386 g/mol. The van der Waals surface area contributed by atoms with Gasteiger partial charge in [-0.25, -0.2) is 0 Å². The van der Waals surface area contributed by atoms with Gasteiger partial charge in [0.15, 0.2) is 0 Å². The van der Waals surface area contributed by atoms with Gasteiger partial charge in [-0.3, -0.25) is 10.1 Å². The van der Waals surface area contributed by atoms with E-state index in [4.69, 9.17) is 11.6 Å². The van der Waals surface area contributed by atoms with Crippen LogP contribution in [-0.4, -0.2) is 4.92 Å². The van der Waals surface area contributed by atoms with E-state index >= 15 is 0 Å². The van der Waals surface area contributed by atoms with E-state index in [1.165, 1.54) is 6.07 Å². The molecule has 0 aliphatic heterocycles. The maximum atomic E-state index is 11.6. The third-order valence-electron chi connectivity index (χ3n) is 4.67. The molecule has 136 valence electrons. The number of rotatable bonds is 4. The van der Waals surface area contributed by atoms with Crippen molar-refractivity contribution in [1.29, 1.82) is 0 Å². The second kappa shape index (κ2) is 7.67. The Bertz CT molecular complexity index is 1160. The molecule has 4 heteroatoms. The first-order valence-corrected chi connectivity index (χ1v) is 9.21. The molecule has 0 atom stereocenters. The SMILES string of the molecule is O=[N+]([O-])c1ccc(Cl)cc1-c1ccccc1-c1ccccc1-c1ccccc1. The zero-order chi connectivity index (χ0) is 19.5. The summed E-state index contributed by atoms with van der Waals surface area (Å²) in [5.74, 6) is 0. The Balaban J connectivity index is 1.98. The van der Waals surface area contributed by atoms with Crippen LogP contribution in [0.3, 0.4) is 0 Å². The van der Waals surface area contributed by atoms with Crippen LogP contribution < -0.4 is 0 Å². The van der Waals surface area contributed by atoms with Gasteiger partial charge in [-0.2, -0.15) is 0 Å². The second-order valence-electron chi connectivity index (χ2n) is 6.38. The van der Waals surface area contributed by atoms with Crippen LogP contribution in [0.5, 0.6) is 0 Å². The summed E-state index contributed by atoms with van der Waals surface area (Å²) in [6.45, 7) is 0. The van der Waals surface area contributed by atoms with Crippen LogP contribution in [0.25, 0.3) is 33.4 Å². The van der Waals surface area contributed by atoms with Crippen molar-refractivity contribution >= 4 is 17.3 Å². The lowest BCUT2D eigenvalue weighted by atomic mass is 9.89. The number of halogens is 1. The van der Waals surface area contributed by atoms with Gasteiger partial charge in [-0.15, -0.1) is 0 Å². The Morgan fingerprint density at radius 1 is 0.607 bits per heavy atom. The van der Waals surface area contributed by atoms with Gasteiger partial charge >= 0.3 is 0 Å². The van der Waals surface area contributed by atoms with Crippen molar-refractivity contribution in [3.8, 4) is 33.4 Å². The van der Waals surface area contributed by atoms with Crippen LogP contribution in [0.15, 0.2) is 97.1 Å². The Labute approximate surface area is 168 Å². The molecule has 0 radical (unpaired) electrons. The van der Waals surface area contributed by atoms with Crippen LogP contribution in [0.2, 0.25) is 5.02 Å². The van der Waals surface area contributed by atoms with E-state index in [0.717, 1.165) is 27.8 Å². The maximum absolute atomic E-state index is 11.6. The Morgan fingerprint density at radius 2 is 1.11 bits per heavy atom. The van der Waals surface area contributed by atoms with Crippen LogP contribution in [-0.2, 0) is 0 Å². The fraction of sp³-hybridized carbons (Fsp3) is 0. The van der Waals surface area contributed by atoms with Crippen LogP contribution >= 0.6 is 11.6 Å². The molecule has 0 aliphatic rings.